The van der Waals surface area contributed by atoms with Crippen molar-refractivity contribution in [2.45, 2.75) is 25.9 Å². The van der Waals surface area contributed by atoms with Crippen molar-refractivity contribution in [2.75, 3.05) is 13.1 Å². The molecule has 106 valence electrons. The van der Waals surface area contributed by atoms with Crippen molar-refractivity contribution < 1.29 is 9.90 Å². The molecule has 1 N–H and O–H groups in total. The van der Waals surface area contributed by atoms with Gasteiger partial charge in [0.15, 0.2) is 0 Å². The first-order valence-electron chi connectivity index (χ1n) is 6.64. The number of amides is 1. The van der Waals surface area contributed by atoms with E-state index in [0.717, 1.165) is 20.5 Å². The first-order chi connectivity index (χ1) is 9.65. The molecule has 0 atom stereocenters. The molecule has 0 saturated carbocycles. The number of rotatable bonds is 2. The Labute approximate surface area is 125 Å². The van der Waals surface area contributed by atoms with E-state index < -0.39 is 0 Å². The number of hydrogen-bond donors (Lipinski definition) is 1. The lowest BCUT2D eigenvalue weighted by Crippen LogP contribution is -2.39. The zero-order chi connectivity index (χ0) is 14.1. The molecule has 3 heterocycles. The number of hydrogen-bond acceptors (Lipinski definition) is 5. The molecule has 1 fully saturated rings. The van der Waals surface area contributed by atoms with Gasteiger partial charge in [-0.15, -0.1) is 22.7 Å². The van der Waals surface area contributed by atoms with Crippen LogP contribution in [0.2, 0.25) is 0 Å². The molecule has 1 saturated heterocycles. The number of aliphatic hydroxyl groups is 1. The first kappa shape index (κ1) is 13.7. The molecular weight excluding hydrogens is 292 g/mol. The molecule has 2 aromatic heterocycles. The van der Waals surface area contributed by atoms with Crippen LogP contribution in [-0.2, 0) is 0 Å². The topological polar surface area (TPSA) is 53.4 Å². The van der Waals surface area contributed by atoms with Gasteiger partial charge in [0, 0.05) is 13.1 Å². The van der Waals surface area contributed by atoms with E-state index in [9.17, 15) is 9.90 Å². The number of thiazole rings is 1. The SMILES string of the molecule is Cc1nc(-c2cccs2)sc1C(=O)N1CCC(O)CC1. The zero-order valence-corrected chi connectivity index (χ0v) is 12.8. The Bertz CT molecular complexity index is 599. The molecule has 6 heteroatoms. The minimum atomic E-state index is -0.261. The van der Waals surface area contributed by atoms with Crippen LogP contribution in [0.3, 0.4) is 0 Å². The van der Waals surface area contributed by atoms with Gasteiger partial charge in [-0.2, -0.15) is 0 Å². The lowest BCUT2D eigenvalue weighted by Gasteiger charge is -2.29. The number of carbonyl (C=O) groups is 1. The summed E-state index contributed by atoms with van der Waals surface area (Å²) in [6.07, 6.45) is 1.08. The second kappa shape index (κ2) is 5.63. The summed E-state index contributed by atoms with van der Waals surface area (Å²) in [5, 5.41) is 12.4. The summed E-state index contributed by atoms with van der Waals surface area (Å²) in [7, 11) is 0. The lowest BCUT2D eigenvalue weighted by molar-refractivity contribution is 0.0550. The quantitative estimate of drug-likeness (QED) is 0.928. The number of aromatic nitrogens is 1. The minimum Gasteiger partial charge on any atom is -0.393 e. The Morgan fingerprint density at radius 3 is 2.85 bits per heavy atom. The third-order valence-electron chi connectivity index (χ3n) is 3.47. The van der Waals surface area contributed by atoms with E-state index in [1.165, 1.54) is 11.3 Å². The lowest BCUT2D eigenvalue weighted by atomic mass is 10.1. The van der Waals surface area contributed by atoms with Gasteiger partial charge < -0.3 is 10.0 Å². The van der Waals surface area contributed by atoms with Gasteiger partial charge in [-0.25, -0.2) is 4.98 Å². The van der Waals surface area contributed by atoms with Crippen LogP contribution >= 0.6 is 22.7 Å². The van der Waals surface area contributed by atoms with Gasteiger partial charge in [0.05, 0.1) is 16.7 Å². The normalized spacial score (nSPS) is 16.6. The fourth-order valence-corrected chi connectivity index (χ4v) is 4.14. The Morgan fingerprint density at radius 1 is 1.45 bits per heavy atom. The van der Waals surface area contributed by atoms with Gasteiger partial charge in [0.1, 0.15) is 9.88 Å². The second-order valence-electron chi connectivity index (χ2n) is 4.93. The van der Waals surface area contributed by atoms with Crippen molar-refractivity contribution in [3.05, 3.63) is 28.1 Å². The molecule has 0 radical (unpaired) electrons. The zero-order valence-electron chi connectivity index (χ0n) is 11.2. The number of nitrogens with zero attached hydrogens (tertiary/aromatic N) is 2. The molecule has 2 aromatic rings. The van der Waals surface area contributed by atoms with Gasteiger partial charge in [-0.1, -0.05) is 6.07 Å². The predicted molar refractivity (Wildman–Crippen MR) is 81.3 cm³/mol. The summed E-state index contributed by atoms with van der Waals surface area (Å²) in [5.74, 6) is 0.0507. The van der Waals surface area contributed by atoms with E-state index in [2.05, 4.69) is 4.98 Å². The molecule has 20 heavy (non-hydrogen) atoms. The molecule has 0 aliphatic carbocycles. The molecule has 0 bridgehead atoms. The van der Waals surface area contributed by atoms with Gasteiger partial charge in [0.25, 0.3) is 5.91 Å². The highest BCUT2D eigenvalue weighted by Gasteiger charge is 2.25. The number of aryl methyl sites for hydroxylation is 1. The molecular formula is C14H16N2O2S2. The highest BCUT2D eigenvalue weighted by atomic mass is 32.1. The second-order valence-corrected chi connectivity index (χ2v) is 6.88. The van der Waals surface area contributed by atoms with Crippen LogP contribution < -0.4 is 0 Å². The summed E-state index contributed by atoms with van der Waals surface area (Å²) in [6.45, 7) is 3.15. The maximum absolute atomic E-state index is 12.5. The predicted octanol–water partition coefficient (Wildman–Crippen LogP) is 2.78. The van der Waals surface area contributed by atoms with Crippen LogP contribution in [0, 0.1) is 6.92 Å². The van der Waals surface area contributed by atoms with Crippen molar-refractivity contribution >= 4 is 28.6 Å². The fourth-order valence-electron chi connectivity index (χ4n) is 2.31. The van der Waals surface area contributed by atoms with E-state index in [-0.39, 0.29) is 12.0 Å². The Balaban J connectivity index is 1.81. The van der Waals surface area contributed by atoms with Crippen molar-refractivity contribution in [3.63, 3.8) is 0 Å². The number of likely N-dealkylation sites (tertiary alicyclic amines) is 1. The Hall–Kier alpha value is -1.24. The van der Waals surface area contributed by atoms with Crippen molar-refractivity contribution in [1.82, 2.24) is 9.88 Å². The van der Waals surface area contributed by atoms with Crippen LogP contribution in [0.25, 0.3) is 9.88 Å². The van der Waals surface area contributed by atoms with Gasteiger partial charge in [-0.3, -0.25) is 4.79 Å². The number of aliphatic hydroxyl groups excluding tert-OH is 1. The maximum Gasteiger partial charge on any atom is 0.265 e. The first-order valence-corrected chi connectivity index (χ1v) is 8.33. The summed E-state index contributed by atoms with van der Waals surface area (Å²) in [6, 6.07) is 4.01. The molecule has 0 aromatic carbocycles. The molecule has 1 amide bonds. The summed E-state index contributed by atoms with van der Waals surface area (Å²) in [4.78, 5) is 20.7. The summed E-state index contributed by atoms with van der Waals surface area (Å²) < 4.78 is 0. The fraction of sp³-hybridized carbons (Fsp3) is 0.429. The molecule has 0 unspecified atom stereocenters. The van der Waals surface area contributed by atoms with E-state index in [0.29, 0.717) is 25.9 Å². The minimum absolute atomic E-state index is 0.0507. The van der Waals surface area contributed by atoms with E-state index >= 15 is 0 Å². The number of piperidine rings is 1. The highest BCUT2D eigenvalue weighted by Crippen LogP contribution is 2.32. The van der Waals surface area contributed by atoms with Crippen LogP contribution in [0.1, 0.15) is 28.2 Å². The largest absolute Gasteiger partial charge is 0.393 e. The van der Waals surface area contributed by atoms with Crippen LogP contribution in [-0.4, -0.2) is 40.1 Å². The highest BCUT2D eigenvalue weighted by molar-refractivity contribution is 7.22. The van der Waals surface area contributed by atoms with Crippen molar-refractivity contribution in [3.8, 4) is 9.88 Å². The number of thiophene rings is 1. The van der Waals surface area contributed by atoms with Crippen LogP contribution in [0.4, 0.5) is 0 Å². The van der Waals surface area contributed by atoms with E-state index in [1.807, 2.05) is 29.3 Å². The van der Waals surface area contributed by atoms with Crippen LogP contribution in [0.5, 0.6) is 0 Å². The summed E-state index contributed by atoms with van der Waals surface area (Å²) >= 11 is 3.10. The van der Waals surface area contributed by atoms with E-state index in [1.54, 1.807) is 11.3 Å². The summed E-state index contributed by atoms with van der Waals surface area (Å²) in [5.41, 5.74) is 0.800. The molecule has 4 nitrogen and oxygen atoms in total. The molecule has 0 spiro atoms. The monoisotopic (exact) mass is 308 g/mol. The van der Waals surface area contributed by atoms with Crippen molar-refractivity contribution in [1.29, 1.82) is 0 Å². The van der Waals surface area contributed by atoms with Gasteiger partial charge in [0.2, 0.25) is 0 Å². The molecule has 1 aliphatic rings. The smallest absolute Gasteiger partial charge is 0.265 e. The van der Waals surface area contributed by atoms with Crippen LogP contribution in [0.15, 0.2) is 17.5 Å². The average Bonchev–Trinajstić information content (AvgIpc) is 3.08. The standard InChI is InChI=1S/C14H16N2O2S2/c1-9-12(14(18)16-6-4-10(17)5-7-16)20-13(15-9)11-3-2-8-19-11/h2-3,8,10,17H,4-7H2,1H3. The van der Waals surface area contributed by atoms with E-state index in [4.69, 9.17) is 0 Å². The third kappa shape index (κ3) is 2.63. The number of carbonyl (C=O) groups excluding carboxylic acids is 1. The average molecular weight is 308 g/mol. The Morgan fingerprint density at radius 2 is 2.20 bits per heavy atom. The molecule has 3 rings (SSSR count). The third-order valence-corrected chi connectivity index (χ3v) is 5.66. The molecule has 1 aliphatic heterocycles. The van der Waals surface area contributed by atoms with Gasteiger partial charge >= 0.3 is 0 Å². The van der Waals surface area contributed by atoms with Gasteiger partial charge in [-0.05, 0) is 31.2 Å². The maximum atomic E-state index is 12.5. The Kier molecular flexibility index (Phi) is 3.87. The van der Waals surface area contributed by atoms with Crippen molar-refractivity contribution in [2.24, 2.45) is 0 Å².